The average molecular weight is 476 g/mol. The summed E-state index contributed by atoms with van der Waals surface area (Å²) in [7, 11) is 0. The highest BCUT2D eigenvalue weighted by molar-refractivity contribution is 14.1. The molecule has 0 atom stereocenters. The molecule has 3 heterocycles. The third-order valence-electron chi connectivity index (χ3n) is 4.45. The molecule has 1 aliphatic rings. The van der Waals surface area contributed by atoms with E-state index in [4.69, 9.17) is 9.47 Å². The highest BCUT2D eigenvalue weighted by Gasteiger charge is 2.21. The van der Waals surface area contributed by atoms with Crippen molar-refractivity contribution >= 4 is 34.1 Å². The number of rotatable bonds is 5. The van der Waals surface area contributed by atoms with E-state index >= 15 is 0 Å². The van der Waals surface area contributed by atoms with Crippen LogP contribution in [0.25, 0.3) is 0 Å². The number of aryl methyl sites for hydroxylation is 1. The van der Waals surface area contributed by atoms with Gasteiger partial charge in [0.1, 0.15) is 15.3 Å². The standard InChI is InChI=1S/C20H21IN4O2/c1-14-3-2-4-15(11-14)23-19-12-17(5-8-22-19)27-20-13-18(21)24-25(20)16-6-9-26-10-7-16/h2-5,8,11-13,16H,6-7,9-10H2,1H3,(H,22,23). The molecular formula is C20H21IN4O2. The van der Waals surface area contributed by atoms with Crippen molar-refractivity contribution < 1.29 is 9.47 Å². The molecule has 0 saturated carbocycles. The van der Waals surface area contributed by atoms with Gasteiger partial charge in [0.2, 0.25) is 5.88 Å². The summed E-state index contributed by atoms with van der Waals surface area (Å²) in [5.41, 5.74) is 2.20. The Bertz CT molecular complexity index is 922. The molecule has 0 bridgehead atoms. The van der Waals surface area contributed by atoms with E-state index in [1.807, 2.05) is 35.0 Å². The summed E-state index contributed by atoms with van der Waals surface area (Å²) in [6.45, 7) is 3.60. The predicted octanol–water partition coefficient (Wildman–Crippen LogP) is 5.08. The Labute approximate surface area is 172 Å². The molecule has 7 heteroatoms. The molecule has 0 radical (unpaired) electrons. The zero-order valence-electron chi connectivity index (χ0n) is 15.1. The third kappa shape index (κ3) is 4.59. The van der Waals surface area contributed by atoms with Crippen LogP contribution in [-0.2, 0) is 4.74 Å². The molecule has 1 aliphatic heterocycles. The maximum Gasteiger partial charge on any atom is 0.219 e. The zero-order chi connectivity index (χ0) is 18.6. The molecular weight excluding hydrogens is 455 g/mol. The number of halogens is 1. The monoisotopic (exact) mass is 476 g/mol. The van der Waals surface area contributed by atoms with Gasteiger partial charge in [-0.05, 0) is 66.1 Å². The van der Waals surface area contributed by atoms with Gasteiger partial charge in [-0.25, -0.2) is 9.67 Å². The topological polar surface area (TPSA) is 61.2 Å². The van der Waals surface area contributed by atoms with E-state index in [0.29, 0.717) is 6.04 Å². The van der Waals surface area contributed by atoms with Crippen LogP contribution in [0.4, 0.5) is 11.5 Å². The van der Waals surface area contributed by atoms with Crippen LogP contribution in [0.2, 0.25) is 0 Å². The number of nitrogens with zero attached hydrogens (tertiary/aromatic N) is 3. The van der Waals surface area contributed by atoms with Gasteiger partial charge in [0.15, 0.2) is 0 Å². The SMILES string of the molecule is Cc1cccc(Nc2cc(Oc3cc(I)nn3C3CCOCC3)ccn2)c1. The zero-order valence-corrected chi connectivity index (χ0v) is 17.2. The summed E-state index contributed by atoms with van der Waals surface area (Å²) < 4.78 is 14.5. The van der Waals surface area contributed by atoms with E-state index in [-0.39, 0.29) is 0 Å². The molecule has 0 unspecified atom stereocenters. The van der Waals surface area contributed by atoms with Gasteiger partial charge in [-0.1, -0.05) is 12.1 Å². The van der Waals surface area contributed by atoms with Gasteiger partial charge in [0.25, 0.3) is 0 Å². The first-order valence-electron chi connectivity index (χ1n) is 8.98. The molecule has 0 aliphatic carbocycles. The first-order valence-corrected chi connectivity index (χ1v) is 10.1. The second-order valence-electron chi connectivity index (χ2n) is 6.57. The van der Waals surface area contributed by atoms with E-state index in [2.05, 4.69) is 57.0 Å². The summed E-state index contributed by atoms with van der Waals surface area (Å²) in [5.74, 6) is 2.22. The number of hydrogen-bond acceptors (Lipinski definition) is 5. The van der Waals surface area contributed by atoms with Gasteiger partial charge in [-0.3, -0.25) is 0 Å². The Morgan fingerprint density at radius 2 is 2.04 bits per heavy atom. The summed E-state index contributed by atoms with van der Waals surface area (Å²) in [6, 6.07) is 14.2. The molecule has 3 aromatic rings. The van der Waals surface area contributed by atoms with Crippen molar-refractivity contribution in [3.05, 3.63) is 57.9 Å². The highest BCUT2D eigenvalue weighted by atomic mass is 127. The number of hydrogen-bond donors (Lipinski definition) is 1. The number of ether oxygens (including phenoxy) is 2. The Hall–Kier alpha value is -2.13. The number of benzene rings is 1. The third-order valence-corrected chi connectivity index (χ3v) is 4.98. The van der Waals surface area contributed by atoms with Gasteiger partial charge in [-0.15, -0.1) is 0 Å². The van der Waals surface area contributed by atoms with E-state index in [1.165, 1.54) is 5.56 Å². The van der Waals surface area contributed by atoms with Crippen molar-refractivity contribution in [1.29, 1.82) is 0 Å². The van der Waals surface area contributed by atoms with Crippen LogP contribution in [0.1, 0.15) is 24.4 Å². The summed E-state index contributed by atoms with van der Waals surface area (Å²) >= 11 is 2.22. The molecule has 6 nitrogen and oxygen atoms in total. The Kier molecular flexibility index (Phi) is 5.58. The van der Waals surface area contributed by atoms with Gasteiger partial charge in [-0.2, -0.15) is 5.10 Å². The largest absolute Gasteiger partial charge is 0.439 e. The number of nitrogens with one attached hydrogen (secondary N) is 1. The predicted molar refractivity (Wildman–Crippen MR) is 113 cm³/mol. The van der Waals surface area contributed by atoms with E-state index in [0.717, 1.165) is 52.9 Å². The minimum absolute atomic E-state index is 0.309. The summed E-state index contributed by atoms with van der Waals surface area (Å²) in [4.78, 5) is 4.39. The minimum atomic E-state index is 0.309. The van der Waals surface area contributed by atoms with Crippen molar-refractivity contribution in [1.82, 2.24) is 14.8 Å². The normalized spacial score (nSPS) is 14.9. The minimum Gasteiger partial charge on any atom is -0.439 e. The Morgan fingerprint density at radius 1 is 1.19 bits per heavy atom. The van der Waals surface area contributed by atoms with Crippen molar-refractivity contribution in [2.24, 2.45) is 0 Å². The van der Waals surface area contributed by atoms with Crippen LogP contribution in [0.5, 0.6) is 11.6 Å². The lowest BCUT2D eigenvalue weighted by Crippen LogP contribution is -2.21. The lowest BCUT2D eigenvalue weighted by atomic mass is 10.1. The molecule has 0 amide bonds. The van der Waals surface area contributed by atoms with Gasteiger partial charge < -0.3 is 14.8 Å². The smallest absolute Gasteiger partial charge is 0.219 e. The molecule has 0 spiro atoms. The van der Waals surface area contributed by atoms with Crippen LogP contribution in [-0.4, -0.2) is 28.0 Å². The number of anilines is 2. The lowest BCUT2D eigenvalue weighted by molar-refractivity contribution is 0.0642. The van der Waals surface area contributed by atoms with Crippen LogP contribution in [0.3, 0.4) is 0 Å². The quantitative estimate of drug-likeness (QED) is 0.521. The van der Waals surface area contributed by atoms with E-state index < -0.39 is 0 Å². The number of aromatic nitrogens is 3. The van der Waals surface area contributed by atoms with Gasteiger partial charge in [0, 0.05) is 37.2 Å². The van der Waals surface area contributed by atoms with Gasteiger partial charge >= 0.3 is 0 Å². The first-order chi connectivity index (χ1) is 13.2. The fourth-order valence-corrected chi connectivity index (χ4v) is 3.65. The van der Waals surface area contributed by atoms with Crippen LogP contribution >= 0.6 is 22.6 Å². The Balaban J connectivity index is 1.53. The lowest BCUT2D eigenvalue weighted by Gasteiger charge is -2.23. The second kappa shape index (κ2) is 8.26. The molecule has 4 rings (SSSR count). The second-order valence-corrected chi connectivity index (χ2v) is 7.67. The molecule has 1 N–H and O–H groups in total. The van der Waals surface area contributed by atoms with Crippen molar-refractivity contribution in [3.8, 4) is 11.6 Å². The van der Waals surface area contributed by atoms with E-state index in [9.17, 15) is 0 Å². The maximum atomic E-state index is 6.16. The molecule has 27 heavy (non-hydrogen) atoms. The van der Waals surface area contributed by atoms with Crippen molar-refractivity contribution in [3.63, 3.8) is 0 Å². The summed E-state index contributed by atoms with van der Waals surface area (Å²) in [6.07, 6.45) is 3.64. The van der Waals surface area contributed by atoms with Gasteiger partial charge in [0.05, 0.1) is 6.04 Å². The summed E-state index contributed by atoms with van der Waals surface area (Å²) in [5, 5.41) is 7.94. The van der Waals surface area contributed by atoms with Crippen LogP contribution in [0, 0.1) is 10.6 Å². The molecule has 1 saturated heterocycles. The Morgan fingerprint density at radius 3 is 2.85 bits per heavy atom. The molecule has 1 aromatic carbocycles. The molecule has 140 valence electrons. The highest BCUT2D eigenvalue weighted by Crippen LogP contribution is 2.31. The average Bonchev–Trinajstić information content (AvgIpc) is 3.03. The molecule has 2 aromatic heterocycles. The van der Waals surface area contributed by atoms with Crippen LogP contribution < -0.4 is 10.1 Å². The number of pyridine rings is 1. The van der Waals surface area contributed by atoms with Crippen LogP contribution in [0.15, 0.2) is 48.7 Å². The maximum absolute atomic E-state index is 6.16. The van der Waals surface area contributed by atoms with E-state index in [1.54, 1.807) is 6.20 Å². The fourth-order valence-electron chi connectivity index (χ4n) is 3.15. The first kappa shape index (κ1) is 18.2. The van der Waals surface area contributed by atoms with Crippen molar-refractivity contribution in [2.75, 3.05) is 18.5 Å². The van der Waals surface area contributed by atoms with Crippen molar-refractivity contribution in [2.45, 2.75) is 25.8 Å². The fraction of sp³-hybridized carbons (Fsp3) is 0.300. The molecule has 1 fully saturated rings.